The fourth-order valence-corrected chi connectivity index (χ4v) is 4.60. The van der Waals surface area contributed by atoms with Crippen molar-refractivity contribution in [1.82, 2.24) is 9.88 Å². The van der Waals surface area contributed by atoms with Gasteiger partial charge in [0.25, 0.3) is 0 Å². The Labute approximate surface area is 125 Å². The van der Waals surface area contributed by atoms with E-state index in [1.54, 1.807) is 11.3 Å². The lowest BCUT2D eigenvalue weighted by Gasteiger charge is -2.42. The van der Waals surface area contributed by atoms with Gasteiger partial charge < -0.3 is 4.90 Å². The smallest absolute Gasteiger partial charge is 0.182 e. The first-order chi connectivity index (χ1) is 9.29. The van der Waals surface area contributed by atoms with Crippen LogP contribution in [0, 0.1) is 5.41 Å². The average Bonchev–Trinajstić information content (AvgIpc) is 2.77. The highest BCUT2D eigenvalue weighted by Crippen LogP contribution is 2.45. The van der Waals surface area contributed by atoms with Crippen molar-refractivity contribution in [3.63, 3.8) is 0 Å². The molecule has 1 spiro atoms. The third-order valence-corrected chi connectivity index (χ3v) is 6.20. The average molecular weight is 292 g/mol. The Balaban J connectivity index is 1.91. The summed E-state index contributed by atoms with van der Waals surface area (Å²) in [5.41, 5.74) is 1.05. The van der Waals surface area contributed by atoms with E-state index in [-0.39, 0.29) is 16.6 Å². The Morgan fingerprint density at radius 2 is 1.85 bits per heavy atom. The molecule has 0 saturated carbocycles. The zero-order valence-corrected chi connectivity index (χ0v) is 13.8. The molecular weight excluding hydrogens is 268 g/mol. The standard InChI is InChI=1S/C16H24N2OS/c1-15(2,3)14-17-13-11(19)9-16(10-12(13)20-14)5-7-18(4)8-6-16/h5-10H2,1-4H3. The number of rotatable bonds is 0. The van der Waals surface area contributed by atoms with Gasteiger partial charge in [0.05, 0.1) is 5.01 Å². The number of nitrogens with zero attached hydrogens (tertiary/aromatic N) is 2. The zero-order chi connectivity index (χ0) is 14.5. The molecule has 2 heterocycles. The zero-order valence-electron chi connectivity index (χ0n) is 13.0. The second-order valence-corrected chi connectivity index (χ2v) is 8.70. The SMILES string of the molecule is CN1CCC2(CC1)CC(=O)c1nc(C(C)(C)C)sc1C2. The van der Waals surface area contributed by atoms with E-state index in [2.05, 4.69) is 37.7 Å². The Morgan fingerprint density at radius 1 is 1.20 bits per heavy atom. The van der Waals surface area contributed by atoms with Gasteiger partial charge in [-0.05, 0) is 44.8 Å². The van der Waals surface area contributed by atoms with Crippen LogP contribution in [0.5, 0.6) is 0 Å². The van der Waals surface area contributed by atoms with Gasteiger partial charge in [-0.25, -0.2) is 4.98 Å². The van der Waals surface area contributed by atoms with Gasteiger partial charge >= 0.3 is 0 Å². The van der Waals surface area contributed by atoms with E-state index in [9.17, 15) is 4.79 Å². The molecule has 3 nitrogen and oxygen atoms in total. The molecule has 0 unspecified atom stereocenters. The van der Waals surface area contributed by atoms with E-state index in [0.29, 0.717) is 6.42 Å². The molecule has 1 saturated heterocycles. The number of carbonyl (C=O) groups is 1. The number of likely N-dealkylation sites (tertiary alicyclic amines) is 1. The van der Waals surface area contributed by atoms with Gasteiger partial charge in [-0.2, -0.15) is 0 Å². The number of Topliss-reactive ketones (excluding diaryl/α,β-unsaturated/α-hetero) is 1. The highest BCUT2D eigenvalue weighted by Gasteiger charge is 2.42. The monoisotopic (exact) mass is 292 g/mol. The number of piperidine rings is 1. The summed E-state index contributed by atoms with van der Waals surface area (Å²) in [6.07, 6.45) is 4.08. The van der Waals surface area contributed by atoms with Crippen LogP contribution in [-0.2, 0) is 11.8 Å². The Kier molecular flexibility index (Phi) is 3.29. The molecule has 3 rings (SSSR count). The molecule has 0 bridgehead atoms. The Hall–Kier alpha value is -0.740. The molecular formula is C16H24N2OS. The Morgan fingerprint density at radius 3 is 2.45 bits per heavy atom. The predicted molar refractivity (Wildman–Crippen MR) is 82.6 cm³/mol. The van der Waals surface area contributed by atoms with E-state index in [4.69, 9.17) is 0 Å². The first-order valence-electron chi connectivity index (χ1n) is 7.51. The number of fused-ring (bicyclic) bond motifs is 1. The quantitative estimate of drug-likeness (QED) is 0.736. The van der Waals surface area contributed by atoms with Crippen LogP contribution < -0.4 is 0 Å². The lowest BCUT2D eigenvalue weighted by molar-refractivity contribution is 0.0728. The van der Waals surface area contributed by atoms with Crippen molar-refractivity contribution < 1.29 is 4.79 Å². The maximum atomic E-state index is 12.5. The number of thiazole rings is 1. The van der Waals surface area contributed by atoms with Crippen molar-refractivity contribution in [1.29, 1.82) is 0 Å². The molecule has 1 fully saturated rings. The van der Waals surface area contributed by atoms with Gasteiger partial charge in [-0.15, -0.1) is 11.3 Å². The summed E-state index contributed by atoms with van der Waals surface area (Å²) in [4.78, 5) is 20.8. The summed E-state index contributed by atoms with van der Waals surface area (Å²) in [5, 5.41) is 1.11. The van der Waals surface area contributed by atoms with Gasteiger partial charge in [0.15, 0.2) is 5.78 Å². The number of hydrogen-bond donors (Lipinski definition) is 0. The summed E-state index contributed by atoms with van der Waals surface area (Å²) < 4.78 is 0. The molecule has 20 heavy (non-hydrogen) atoms. The van der Waals surface area contributed by atoms with Gasteiger partial charge in [0.1, 0.15) is 5.69 Å². The normalized spacial score (nSPS) is 23.1. The van der Waals surface area contributed by atoms with E-state index in [0.717, 1.165) is 43.1 Å². The van der Waals surface area contributed by atoms with Crippen molar-refractivity contribution in [2.24, 2.45) is 5.41 Å². The molecule has 1 aliphatic heterocycles. The molecule has 0 radical (unpaired) electrons. The first kappa shape index (κ1) is 14.2. The van der Waals surface area contributed by atoms with Crippen molar-refractivity contribution in [3.8, 4) is 0 Å². The minimum atomic E-state index is 0.0439. The van der Waals surface area contributed by atoms with Crippen molar-refractivity contribution in [2.45, 2.75) is 51.9 Å². The van der Waals surface area contributed by atoms with Crippen molar-refractivity contribution in [2.75, 3.05) is 20.1 Å². The molecule has 4 heteroatoms. The molecule has 2 aliphatic rings. The van der Waals surface area contributed by atoms with Gasteiger partial charge in [-0.3, -0.25) is 4.79 Å². The maximum Gasteiger partial charge on any atom is 0.182 e. The molecule has 1 aromatic rings. The van der Waals surface area contributed by atoms with Crippen molar-refractivity contribution in [3.05, 3.63) is 15.6 Å². The molecule has 0 atom stereocenters. The second kappa shape index (κ2) is 4.63. The maximum absolute atomic E-state index is 12.5. The summed E-state index contributed by atoms with van der Waals surface area (Å²) in [7, 11) is 2.17. The van der Waals surface area contributed by atoms with Gasteiger partial charge in [-0.1, -0.05) is 20.8 Å². The van der Waals surface area contributed by atoms with Gasteiger partial charge in [0, 0.05) is 16.7 Å². The summed E-state index contributed by atoms with van der Waals surface area (Å²) in [6, 6.07) is 0. The van der Waals surface area contributed by atoms with Crippen LogP contribution in [0.2, 0.25) is 0 Å². The minimum Gasteiger partial charge on any atom is -0.306 e. The number of aromatic nitrogens is 1. The van der Waals surface area contributed by atoms with Crippen LogP contribution >= 0.6 is 11.3 Å². The second-order valence-electron chi connectivity index (χ2n) is 7.62. The lowest BCUT2D eigenvalue weighted by Crippen LogP contribution is -2.42. The summed E-state index contributed by atoms with van der Waals surface area (Å²) in [6.45, 7) is 8.76. The summed E-state index contributed by atoms with van der Waals surface area (Å²) >= 11 is 1.77. The van der Waals surface area contributed by atoms with E-state index >= 15 is 0 Å². The number of carbonyl (C=O) groups excluding carboxylic acids is 1. The van der Waals surface area contributed by atoms with Crippen LogP contribution in [0.25, 0.3) is 0 Å². The van der Waals surface area contributed by atoms with Crippen LogP contribution in [0.3, 0.4) is 0 Å². The molecule has 1 aliphatic carbocycles. The molecule has 110 valence electrons. The highest BCUT2D eigenvalue weighted by atomic mass is 32.1. The van der Waals surface area contributed by atoms with Crippen LogP contribution in [-0.4, -0.2) is 35.8 Å². The largest absolute Gasteiger partial charge is 0.306 e. The number of ketones is 1. The topological polar surface area (TPSA) is 33.2 Å². The van der Waals surface area contributed by atoms with E-state index in [1.165, 1.54) is 4.88 Å². The van der Waals surface area contributed by atoms with Crippen LogP contribution in [0.15, 0.2) is 0 Å². The third kappa shape index (κ3) is 2.44. The van der Waals surface area contributed by atoms with Crippen LogP contribution in [0.4, 0.5) is 0 Å². The molecule has 0 aromatic carbocycles. The molecule has 0 N–H and O–H groups in total. The fourth-order valence-electron chi connectivity index (χ4n) is 3.28. The lowest BCUT2D eigenvalue weighted by atomic mass is 9.68. The van der Waals surface area contributed by atoms with Crippen LogP contribution in [0.1, 0.15) is 60.4 Å². The highest BCUT2D eigenvalue weighted by molar-refractivity contribution is 7.12. The minimum absolute atomic E-state index is 0.0439. The molecule has 1 aromatic heterocycles. The van der Waals surface area contributed by atoms with E-state index in [1.807, 2.05) is 0 Å². The summed E-state index contributed by atoms with van der Waals surface area (Å²) in [5.74, 6) is 0.280. The molecule has 0 amide bonds. The Bertz CT molecular complexity index is 533. The van der Waals surface area contributed by atoms with E-state index < -0.39 is 0 Å². The fraction of sp³-hybridized carbons (Fsp3) is 0.750. The predicted octanol–water partition coefficient (Wildman–Crippen LogP) is 3.28. The van der Waals surface area contributed by atoms with Gasteiger partial charge in [0.2, 0.25) is 0 Å². The van der Waals surface area contributed by atoms with Crippen molar-refractivity contribution >= 4 is 17.1 Å². The first-order valence-corrected chi connectivity index (χ1v) is 8.33. The third-order valence-electron chi connectivity index (χ3n) is 4.72. The number of hydrogen-bond acceptors (Lipinski definition) is 4.